The Balaban J connectivity index is 2.04. The van der Waals surface area contributed by atoms with Gasteiger partial charge in [-0.05, 0) is 28.1 Å². The first-order valence-corrected chi connectivity index (χ1v) is 6.58. The van der Waals surface area contributed by atoms with Crippen molar-refractivity contribution in [1.29, 1.82) is 0 Å². The summed E-state index contributed by atoms with van der Waals surface area (Å²) in [6, 6.07) is 3.32. The number of carbonyl (C=O) groups is 2. The number of rotatable bonds is 2. The number of hydrogen-bond donors (Lipinski definition) is 2. The van der Waals surface area contributed by atoms with E-state index in [2.05, 4.69) is 20.9 Å². The largest absolute Gasteiger partial charge is 0.479 e. The molecule has 1 aliphatic rings. The fourth-order valence-electron chi connectivity index (χ4n) is 1.96. The van der Waals surface area contributed by atoms with Crippen LogP contribution in [0.4, 0.5) is 0 Å². The highest BCUT2D eigenvalue weighted by atomic mass is 79.9. The van der Waals surface area contributed by atoms with Crippen molar-refractivity contribution in [1.82, 2.24) is 9.88 Å². The predicted octanol–water partition coefficient (Wildman–Crippen LogP) is 0.896. The van der Waals surface area contributed by atoms with Gasteiger partial charge in [-0.15, -0.1) is 0 Å². The van der Waals surface area contributed by atoms with Gasteiger partial charge in [-0.25, -0.2) is 9.78 Å². The third-order valence-corrected chi connectivity index (χ3v) is 3.69. The third-order valence-electron chi connectivity index (χ3n) is 3.22. The van der Waals surface area contributed by atoms with Crippen molar-refractivity contribution in [2.45, 2.75) is 18.4 Å². The SMILES string of the molecule is O=C(c1ccc(Br)cn1)N1CCC(O)(C(=O)O)CC1. The molecule has 19 heavy (non-hydrogen) atoms. The number of carboxylic acids is 1. The first-order valence-electron chi connectivity index (χ1n) is 5.79. The van der Waals surface area contributed by atoms with Crippen LogP contribution < -0.4 is 0 Å². The number of aliphatic hydroxyl groups is 1. The maximum absolute atomic E-state index is 12.1. The second-order valence-corrected chi connectivity index (χ2v) is 5.41. The fraction of sp³-hybridized carbons (Fsp3) is 0.417. The van der Waals surface area contributed by atoms with E-state index in [9.17, 15) is 14.7 Å². The van der Waals surface area contributed by atoms with Gasteiger partial charge in [0.2, 0.25) is 0 Å². The van der Waals surface area contributed by atoms with Crippen LogP contribution in [0.15, 0.2) is 22.8 Å². The van der Waals surface area contributed by atoms with Crippen LogP contribution >= 0.6 is 15.9 Å². The van der Waals surface area contributed by atoms with Gasteiger partial charge in [0.05, 0.1) is 0 Å². The van der Waals surface area contributed by atoms with E-state index in [4.69, 9.17) is 5.11 Å². The monoisotopic (exact) mass is 328 g/mol. The molecule has 2 N–H and O–H groups in total. The van der Waals surface area contributed by atoms with Crippen molar-refractivity contribution in [3.8, 4) is 0 Å². The highest BCUT2D eigenvalue weighted by Gasteiger charge is 2.40. The number of amides is 1. The third kappa shape index (κ3) is 2.93. The molecule has 0 unspecified atom stereocenters. The first kappa shape index (κ1) is 14.0. The Morgan fingerprint density at radius 2 is 1.95 bits per heavy atom. The number of likely N-dealkylation sites (tertiary alicyclic amines) is 1. The van der Waals surface area contributed by atoms with E-state index >= 15 is 0 Å². The van der Waals surface area contributed by atoms with Gasteiger partial charge in [0.1, 0.15) is 5.69 Å². The molecule has 1 amide bonds. The Hall–Kier alpha value is -1.47. The van der Waals surface area contributed by atoms with E-state index in [1.807, 2.05) is 0 Å². The molecular weight excluding hydrogens is 316 g/mol. The molecule has 0 aromatic carbocycles. The van der Waals surface area contributed by atoms with Gasteiger partial charge < -0.3 is 15.1 Å². The van der Waals surface area contributed by atoms with E-state index in [0.717, 1.165) is 4.47 Å². The summed E-state index contributed by atoms with van der Waals surface area (Å²) < 4.78 is 0.781. The summed E-state index contributed by atoms with van der Waals surface area (Å²) in [4.78, 5) is 28.5. The van der Waals surface area contributed by atoms with Crippen LogP contribution in [-0.2, 0) is 4.79 Å². The molecule has 2 heterocycles. The molecule has 1 fully saturated rings. The second kappa shape index (κ2) is 5.26. The number of halogens is 1. The molecule has 7 heteroatoms. The molecule has 0 spiro atoms. The zero-order chi connectivity index (χ0) is 14.0. The number of carboxylic acid groups (broad SMARTS) is 1. The summed E-state index contributed by atoms with van der Waals surface area (Å²) in [5.41, 5.74) is -1.41. The standard InChI is InChI=1S/C12H13BrN2O4/c13-8-1-2-9(14-7-8)10(16)15-5-3-12(19,4-6-15)11(17)18/h1-2,7,19H,3-6H2,(H,17,18). The maximum Gasteiger partial charge on any atom is 0.335 e. The summed E-state index contributed by atoms with van der Waals surface area (Å²) in [5, 5.41) is 18.7. The van der Waals surface area contributed by atoms with Crippen LogP contribution in [0, 0.1) is 0 Å². The molecule has 2 rings (SSSR count). The molecule has 0 saturated carbocycles. The summed E-state index contributed by atoms with van der Waals surface area (Å²) in [6.07, 6.45) is 1.60. The molecule has 1 aliphatic heterocycles. The topological polar surface area (TPSA) is 90.7 Å². The van der Waals surface area contributed by atoms with Crippen LogP contribution in [0.5, 0.6) is 0 Å². The van der Waals surface area contributed by atoms with E-state index in [1.165, 1.54) is 11.1 Å². The second-order valence-electron chi connectivity index (χ2n) is 4.49. The van der Waals surface area contributed by atoms with E-state index < -0.39 is 11.6 Å². The number of nitrogens with zero attached hydrogens (tertiary/aromatic N) is 2. The number of pyridine rings is 1. The zero-order valence-electron chi connectivity index (χ0n) is 10.0. The van der Waals surface area contributed by atoms with Crippen LogP contribution in [0.3, 0.4) is 0 Å². The van der Waals surface area contributed by atoms with Gasteiger partial charge in [0.15, 0.2) is 5.60 Å². The average Bonchev–Trinajstić information content (AvgIpc) is 2.39. The van der Waals surface area contributed by atoms with E-state index in [1.54, 1.807) is 12.1 Å². The lowest BCUT2D eigenvalue weighted by Crippen LogP contribution is -2.50. The average molecular weight is 329 g/mol. The number of piperidine rings is 1. The lowest BCUT2D eigenvalue weighted by Gasteiger charge is -2.35. The molecule has 102 valence electrons. The van der Waals surface area contributed by atoms with Crippen molar-refractivity contribution in [3.05, 3.63) is 28.5 Å². The zero-order valence-corrected chi connectivity index (χ0v) is 11.6. The molecule has 1 aromatic heterocycles. The molecule has 6 nitrogen and oxygen atoms in total. The van der Waals surface area contributed by atoms with Gasteiger partial charge in [-0.1, -0.05) is 0 Å². The maximum atomic E-state index is 12.1. The highest BCUT2D eigenvalue weighted by Crippen LogP contribution is 2.23. The fourth-order valence-corrected chi connectivity index (χ4v) is 2.19. The van der Waals surface area contributed by atoms with Gasteiger partial charge in [0.25, 0.3) is 5.91 Å². The Morgan fingerprint density at radius 3 is 2.42 bits per heavy atom. The summed E-state index contributed by atoms with van der Waals surface area (Å²) >= 11 is 3.24. The Morgan fingerprint density at radius 1 is 1.32 bits per heavy atom. The van der Waals surface area contributed by atoms with Crippen LogP contribution in [0.1, 0.15) is 23.3 Å². The normalized spacial score (nSPS) is 18.1. The molecule has 1 aromatic rings. The van der Waals surface area contributed by atoms with Gasteiger partial charge >= 0.3 is 5.97 Å². The highest BCUT2D eigenvalue weighted by molar-refractivity contribution is 9.10. The molecule has 1 saturated heterocycles. The summed E-state index contributed by atoms with van der Waals surface area (Å²) in [6.45, 7) is 0.415. The predicted molar refractivity (Wildman–Crippen MR) is 69.7 cm³/mol. The van der Waals surface area contributed by atoms with Crippen molar-refractivity contribution < 1.29 is 19.8 Å². The molecule has 0 aliphatic carbocycles. The van der Waals surface area contributed by atoms with Crippen molar-refractivity contribution in [2.24, 2.45) is 0 Å². The Kier molecular flexibility index (Phi) is 3.86. The Bertz CT molecular complexity index is 495. The van der Waals surface area contributed by atoms with Crippen molar-refractivity contribution in [2.75, 3.05) is 13.1 Å². The summed E-state index contributed by atoms with van der Waals surface area (Å²) in [7, 11) is 0. The van der Waals surface area contributed by atoms with E-state index in [0.29, 0.717) is 5.69 Å². The number of aromatic nitrogens is 1. The molecule has 0 atom stereocenters. The number of aliphatic carboxylic acids is 1. The van der Waals surface area contributed by atoms with Crippen molar-refractivity contribution in [3.63, 3.8) is 0 Å². The molecule has 0 bridgehead atoms. The van der Waals surface area contributed by atoms with Gasteiger partial charge in [-0.3, -0.25) is 4.79 Å². The first-order chi connectivity index (χ1) is 8.92. The van der Waals surface area contributed by atoms with Crippen LogP contribution in [0.25, 0.3) is 0 Å². The summed E-state index contributed by atoms with van der Waals surface area (Å²) in [5.74, 6) is -1.48. The quantitative estimate of drug-likeness (QED) is 0.841. The number of carbonyl (C=O) groups excluding carboxylic acids is 1. The van der Waals surface area contributed by atoms with Gasteiger partial charge in [0, 0.05) is 36.6 Å². The smallest absolute Gasteiger partial charge is 0.335 e. The van der Waals surface area contributed by atoms with Crippen molar-refractivity contribution >= 4 is 27.8 Å². The van der Waals surface area contributed by atoms with E-state index in [-0.39, 0.29) is 31.8 Å². The van der Waals surface area contributed by atoms with Crippen LogP contribution in [-0.4, -0.2) is 50.7 Å². The lowest BCUT2D eigenvalue weighted by molar-refractivity contribution is -0.162. The lowest BCUT2D eigenvalue weighted by atomic mass is 9.91. The van der Waals surface area contributed by atoms with Crippen LogP contribution in [0.2, 0.25) is 0 Å². The molecular formula is C12H13BrN2O4. The Labute approximate surface area is 118 Å². The number of hydrogen-bond acceptors (Lipinski definition) is 4. The minimum absolute atomic E-state index is 0.0323. The molecule has 0 radical (unpaired) electrons. The minimum Gasteiger partial charge on any atom is -0.479 e. The minimum atomic E-state index is -1.72. The van der Waals surface area contributed by atoms with Gasteiger partial charge in [-0.2, -0.15) is 0 Å².